The van der Waals surface area contributed by atoms with Crippen molar-refractivity contribution in [3.63, 3.8) is 0 Å². The van der Waals surface area contributed by atoms with E-state index < -0.39 is 5.60 Å². The number of anilines is 1. The van der Waals surface area contributed by atoms with Gasteiger partial charge in [0.15, 0.2) is 0 Å². The fourth-order valence-corrected chi connectivity index (χ4v) is 3.75. The van der Waals surface area contributed by atoms with Crippen LogP contribution < -0.4 is 10.1 Å². The number of likely N-dealkylation sites (tertiary alicyclic amines) is 1. The topological polar surface area (TPSA) is 50.8 Å². The van der Waals surface area contributed by atoms with Gasteiger partial charge in [-0.1, -0.05) is 26.2 Å². The van der Waals surface area contributed by atoms with Crippen LogP contribution in [0.4, 0.5) is 5.69 Å². The molecule has 1 fully saturated rings. The number of piperidine rings is 1. The van der Waals surface area contributed by atoms with E-state index in [2.05, 4.69) is 24.1 Å². The average molecular weight is 391 g/mol. The van der Waals surface area contributed by atoms with Gasteiger partial charge in [-0.2, -0.15) is 0 Å². The van der Waals surface area contributed by atoms with E-state index in [1.807, 2.05) is 38.1 Å². The zero-order valence-corrected chi connectivity index (χ0v) is 18.1. The van der Waals surface area contributed by atoms with Gasteiger partial charge in [0, 0.05) is 24.9 Å². The summed E-state index contributed by atoms with van der Waals surface area (Å²) in [5, 5.41) is 2.99. The van der Waals surface area contributed by atoms with Crippen LogP contribution in [0.3, 0.4) is 0 Å². The molecule has 1 aromatic rings. The lowest BCUT2D eigenvalue weighted by Gasteiger charge is -2.33. The van der Waals surface area contributed by atoms with Crippen molar-refractivity contribution >= 4 is 11.6 Å². The van der Waals surface area contributed by atoms with Crippen molar-refractivity contribution < 1.29 is 14.3 Å². The van der Waals surface area contributed by atoms with E-state index in [0.29, 0.717) is 19.3 Å². The first-order valence-electron chi connectivity index (χ1n) is 10.9. The normalized spacial score (nSPS) is 19.8. The maximum atomic E-state index is 12.7. The zero-order valence-electron chi connectivity index (χ0n) is 18.1. The fraction of sp³-hybridized carbons (Fsp3) is 0.696. The van der Waals surface area contributed by atoms with E-state index in [4.69, 9.17) is 9.47 Å². The van der Waals surface area contributed by atoms with Gasteiger partial charge in [-0.05, 0) is 70.8 Å². The summed E-state index contributed by atoms with van der Waals surface area (Å²) in [7, 11) is 0. The van der Waals surface area contributed by atoms with Crippen LogP contribution in [0.1, 0.15) is 66.2 Å². The summed E-state index contributed by atoms with van der Waals surface area (Å²) in [6.45, 7) is 11.6. The summed E-state index contributed by atoms with van der Waals surface area (Å²) in [6, 6.07) is 8.27. The predicted octanol–water partition coefficient (Wildman–Crippen LogP) is 4.86. The molecule has 28 heavy (non-hydrogen) atoms. The average Bonchev–Trinajstić information content (AvgIpc) is 2.69. The summed E-state index contributed by atoms with van der Waals surface area (Å²) in [4.78, 5) is 15.2. The highest BCUT2D eigenvalue weighted by atomic mass is 16.5. The molecule has 1 amide bonds. The molecule has 0 aromatic heterocycles. The third-order valence-electron chi connectivity index (χ3n) is 5.65. The van der Waals surface area contributed by atoms with Gasteiger partial charge in [0.1, 0.15) is 18.0 Å². The fourth-order valence-electron chi connectivity index (χ4n) is 3.75. The van der Waals surface area contributed by atoms with Gasteiger partial charge in [-0.15, -0.1) is 0 Å². The minimum Gasteiger partial charge on any atom is -0.492 e. The molecular formula is C23H38N2O3. The number of amides is 1. The molecule has 1 aromatic carbocycles. The monoisotopic (exact) mass is 390 g/mol. The maximum absolute atomic E-state index is 12.7. The second-order valence-electron chi connectivity index (χ2n) is 7.98. The highest BCUT2D eigenvalue weighted by Gasteiger charge is 2.33. The lowest BCUT2D eigenvalue weighted by Crippen LogP contribution is -2.42. The Hall–Kier alpha value is -1.59. The van der Waals surface area contributed by atoms with Crippen LogP contribution >= 0.6 is 0 Å². The quantitative estimate of drug-likeness (QED) is 0.586. The van der Waals surface area contributed by atoms with Gasteiger partial charge in [0.05, 0.1) is 0 Å². The minimum absolute atomic E-state index is 0.0874. The third-order valence-corrected chi connectivity index (χ3v) is 5.65. The number of carbonyl (C=O) groups is 1. The molecule has 0 bridgehead atoms. The number of nitrogens with one attached hydrogen (secondary N) is 1. The molecule has 1 N–H and O–H groups in total. The minimum atomic E-state index is -0.787. The van der Waals surface area contributed by atoms with Crippen molar-refractivity contribution in [2.24, 2.45) is 0 Å². The van der Waals surface area contributed by atoms with E-state index >= 15 is 0 Å². The standard InChI is InChI=1S/C23H38N2O3/c1-5-7-15-23(4,28-6-2)22(26)24-20-11-13-21(14-12-20)27-18-17-25-16-9-8-10-19(25)3/h11-14,19H,5-10,15-18H2,1-4H3,(H,24,26)/t19-,23-/m0/s1. The number of rotatable bonds is 11. The molecule has 1 aliphatic rings. The summed E-state index contributed by atoms with van der Waals surface area (Å²) >= 11 is 0. The van der Waals surface area contributed by atoms with E-state index in [-0.39, 0.29) is 5.91 Å². The summed E-state index contributed by atoms with van der Waals surface area (Å²) < 4.78 is 11.7. The van der Waals surface area contributed by atoms with Crippen LogP contribution in [0.2, 0.25) is 0 Å². The molecule has 1 aliphatic heterocycles. The van der Waals surface area contributed by atoms with Crippen LogP contribution in [0.15, 0.2) is 24.3 Å². The molecule has 0 aliphatic carbocycles. The number of hydrogen-bond acceptors (Lipinski definition) is 4. The van der Waals surface area contributed by atoms with Gasteiger partial charge in [-0.3, -0.25) is 9.69 Å². The Balaban J connectivity index is 1.83. The first-order chi connectivity index (χ1) is 13.5. The van der Waals surface area contributed by atoms with Crippen molar-refractivity contribution in [3.8, 4) is 5.75 Å². The molecule has 1 saturated heterocycles. The van der Waals surface area contributed by atoms with Crippen LogP contribution in [-0.4, -0.2) is 48.8 Å². The summed E-state index contributed by atoms with van der Waals surface area (Å²) in [5.41, 5.74) is -0.0186. The smallest absolute Gasteiger partial charge is 0.256 e. The molecule has 2 atom stereocenters. The van der Waals surface area contributed by atoms with Gasteiger partial charge in [0.25, 0.3) is 5.91 Å². The van der Waals surface area contributed by atoms with E-state index in [1.54, 1.807) is 0 Å². The second kappa shape index (κ2) is 11.4. The van der Waals surface area contributed by atoms with E-state index in [0.717, 1.165) is 37.2 Å². The van der Waals surface area contributed by atoms with Crippen LogP contribution in [0.25, 0.3) is 0 Å². The number of hydrogen-bond donors (Lipinski definition) is 1. The number of carbonyl (C=O) groups excluding carboxylic acids is 1. The van der Waals surface area contributed by atoms with Crippen LogP contribution in [0, 0.1) is 0 Å². The summed E-state index contributed by atoms with van der Waals surface area (Å²) in [6.07, 6.45) is 6.64. The van der Waals surface area contributed by atoms with E-state index in [9.17, 15) is 4.79 Å². The predicted molar refractivity (Wildman–Crippen MR) is 115 cm³/mol. The third kappa shape index (κ3) is 6.78. The first-order valence-corrected chi connectivity index (χ1v) is 10.9. The van der Waals surface area contributed by atoms with Gasteiger partial charge >= 0.3 is 0 Å². The molecule has 0 radical (unpaired) electrons. The largest absolute Gasteiger partial charge is 0.492 e. The molecular weight excluding hydrogens is 352 g/mol. The summed E-state index contributed by atoms with van der Waals surface area (Å²) in [5.74, 6) is 0.747. The van der Waals surface area contributed by atoms with Crippen molar-refractivity contribution in [2.45, 2.75) is 77.9 Å². The number of ether oxygens (including phenoxy) is 2. The Morgan fingerprint density at radius 2 is 2.00 bits per heavy atom. The SMILES string of the molecule is CCCC[C@](C)(OCC)C(=O)Nc1ccc(OCCN2CCCC[C@@H]2C)cc1. The van der Waals surface area contributed by atoms with Crippen LogP contribution in [0.5, 0.6) is 5.75 Å². The highest BCUT2D eigenvalue weighted by Crippen LogP contribution is 2.23. The molecule has 5 nitrogen and oxygen atoms in total. The molecule has 0 spiro atoms. The first kappa shape index (κ1) is 22.7. The lowest BCUT2D eigenvalue weighted by molar-refractivity contribution is -0.139. The Bertz CT molecular complexity index is 590. The number of nitrogens with zero attached hydrogens (tertiary/aromatic N) is 1. The van der Waals surface area contributed by atoms with Gasteiger partial charge in [-0.25, -0.2) is 0 Å². The van der Waals surface area contributed by atoms with Crippen molar-refractivity contribution in [3.05, 3.63) is 24.3 Å². The Labute approximate surface area is 170 Å². The van der Waals surface area contributed by atoms with Gasteiger partial charge < -0.3 is 14.8 Å². The molecule has 0 saturated carbocycles. The van der Waals surface area contributed by atoms with Crippen molar-refractivity contribution in [1.82, 2.24) is 4.90 Å². The number of benzene rings is 1. The second-order valence-corrected chi connectivity index (χ2v) is 7.98. The molecule has 1 heterocycles. The Morgan fingerprint density at radius 1 is 1.25 bits per heavy atom. The Morgan fingerprint density at radius 3 is 2.64 bits per heavy atom. The van der Waals surface area contributed by atoms with E-state index in [1.165, 1.54) is 25.8 Å². The van der Waals surface area contributed by atoms with Crippen LogP contribution in [-0.2, 0) is 9.53 Å². The molecule has 5 heteroatoms. The molecule has 158 valence electrons. The molecule has 2 rings (SSSR count). The van der Waals surface area contributed by atoms with Crippen molar-refractivity contribution in [1.29, 1.82) is 0 Å². The highest BCUT2D eigenvalue weighted by molar-refractivity contribution is 5.97. The molecule has 0 unspecified atom stereocenters. The van der Waals surface area contributed by atoms with Gasteiger partial charge in [0.2, 0.25) is 0 Å². The Kier molecular flexibility index (Phi) is 9.26. The zero-order chi connectivity index (χ0) is 20.4. The van der Waals surface area contributed by atoms with Crippen molar-refractivity contribution in [2.75, 3.05) is 31.6 Å². The number of unbranched alkanes of at least 4 members (excludes halogenated alkanes) is 1. The maximum Gasteiger partial charge on any atom is 0.256 e. The lowest BCUT2D eigenvalue weighted by atomic mass is 9.97.